The van der Waals surface area contributed by atoms with Crippen LogP contribution in [0.1, 0.15) is 22.5 Å². The Balaban J connectivity index is 2.57. The van der Waals surface area contributed by atoms with Gasteiger partial charge in [-0.2, -0.15) is 0 Å². The van der Waals surface area contributed by atoms with Crippen molar-refractivity contribution in [2.75, 3.05) is 0 Å². The third-order valence-electron chi connectivity index (χ3n) is 2.46. The molecule has 1 heterocycles. The van der Waals surface area contributed by atoms with Crippen molar-refractivity contribution < 1.29 is 0 Å². The van der Waals surface area contributed by atoms with Gasteiger partial charge in [0.1, 0.15) is 0 Å². The molecule has 0 aliphatic carbocycles. The first-order valence-electron chi connectivity index (χ1n) is 5.45. The van der Waals surface area contributed by atoms with Crippen molar-refractivity contribution in [3.63, 3.8) is 0 Å². The summed E-state index contributed by atoms with van der Waals surface area (Å²) in [7, 11) is 0. The highest BCUT2D eigenvalue weighted by molar-refractivity contribution is 5.57. The lowest BCUT2D eigenvalue weighted by atomic mass is 10.1. The molecule has 0 N–H and O–H groups in total. The molecule has 0 bridgehead atoms. The van der Waals surface area contributed by atoms with Crippen LogP contribution in [0.25, 0.3) is 11.4 Å². The van der Waals surface area contributed by atoms with E-state index in [0.29, 0.717) is 0 Å². The second-order valence-corrected chi connectivity index (χ2v) is 4.35. The van der Waals surface area contributed by atoms with Crippen molar-refractivity contribution in [3.8, 4) is 11.4 Å². The lowest BCUT2D eigenvalue weighted by Gasteiger charge is -2.05. The molecule has 16 heavy (non-hydrogen) atoms. The van der Waals surface area contributed by atoms with Crippen LogP contribution in [0.2, 0.25) is 0 Å². The predicted molar refractivity (Wildman–Crippen MR) is 66.4 cm³/mol. The lowest BCUT2D eigenvalue weighted by Crippen LogP contribution is -1.95. The van der Waals surface area contributed by atoms with Crippen LogP contribution >= 0.6 is 0 Å². The van der Waals surface area contributed by atoms with Gasteiger partial charge in [-0.25, -0.2) is 9.97 Å². The van der Waals surface area contributed by atoms with Gasteiger partial charge in [-0.05, 0) is 45.9 Å². The maximum Gasteiger partial charge on any atom is 0.159 e. The molecule has 0 atom stereocenters. The minimum absolute atomic E-state index is 0.823. The van der Waals surface area contributed by atoms with Gasteiger partial charge in [0, 0.05) is 17.0 Å². The van der Waals surface area contributed by atoms with E-state index in [1.54, 1.807) is 0 Å². The van der Waals surface area contributed by atoms with E-state index in [-0.39, 0.29) is 0 Å². The number of hydrogen-bond donors (Lipinski definition) is 0. The quantitative estimate of drug-likeness (QED) is 0.724. The molecule has 2 heteroatoms. The Labute approximate surface area is 96.4 Å². The Hall–Kier alpha value is -1.70. The number of nitrogens with zero attached hydrogens (tertiary/aromatic N) is 2. The highest BCUT2D eigenvalue weighted by Gasteiger charge is 2.04. The molecular weight excluding hydrogens is 196 g/mol. The monoisotopic (exact) mass is 212 g/mol. The average molecular weight is 212 g/mol. The van der Waals surface area contributed by atoms with Crippen molar-refractivity contribution in [1.82, 2.24) is 9.97 Å². The van der Waals surface area contributed by atoms with E-state index in [2.05, 4.69) is 42.0 Å². The van der Waals surface area contributed by atoms with Crippen molar-refractivity contribution in [2.24, 2.45) is 0 Å². The summed E-state index contributed by atoms with van der Waals surface area (Å²) in [4.78, 5) is 8.95. The van der Waals surface area contributed by atoms with Crippen LogP contribution in [0, 0.1) is 27.7 Å². The largest absolute Gasteiger partial charge is 0.233 e. The third kappa shape index (κ3) is 2.27. The van der Waals surface area contributed by atoms with Gasteiger partial charge in [0.05, 0.1) is 0 Å². The van der Waals surface area contributed by atoms with Gasteiger partial charge in [0.15, 0.2) is 5.82 Å². The highest BCUT2D eigenvalue weighted by Crippen LogP contribution is 2.19. The summed E-state index contributed by atoms with van der Waals surface area (Å²) in [6, 6.07) is 8.40. The zero-order valence-corrected chi connectivity index (χ0v) is 10.2. The maximum atomic E-state index is 4.48. The first-order chi connectivity index (χ1) is 7.54. The van der Waals surface area contributed by atoms with Crippen LogP contribution in [0.5, 0.6) is 0 Å². The summed E-state index contributed by atoms with van der Waals surface area (Å²) in [5, 5.41) is 0. The molecule has 2 aromatic rings. The second kappa shape index (κ2) is 4.05. The molecule has 82 valence electrons. The lowest BCUT2D eigenvalue weighted by molar-refractivity contribution is 1.06. The predicted octanol–water partition coefficient (Wildman–Crippen LogP) is 3.38. The van der Waals surface area contributed by atoms with Crippen LogP contribution in [0.4, 0.5) is 0 Å². The molecule has 0 fully saturated rings. The molecule has 1 aromatic carbocycles. The van der Waals surface area contributed by atoms with E-state index < -0.39 is 0 Å². The normalized spacial score (nSPS) is 10.5. The van der Waals surface area contributed by atoms with Crippen LogP contribution in [0.3, 0.4) is 0 Å². The molecule has 0 spiro atoms. The van der Waals surface area contributed by atoms with Crippen LogP contribution in [-0.4, -0.2) is 9.97 Å². The fraction of sp³-hybridized carbons (Fsp3) is 0.286. The van der Waals surface area contributed by atoms with Crippen LogP contribution in [0.15, 0.2) is 24.3 Å². The molecule has 0 aliphatic heterocycles. The van der Waals surface area contributed by atoms with Crippen molar-refractivity contribution in [3.05, 3.63) is 46.8 Å². The third-order valence-corrected chi connectivity index (χ3v) is 2.46. The Morgan fingerprint density at radius 3 is 1.69 bits per heavy atom. The smallest absolute Gasteiger partial charge is 0.159 e. The van der Waals surface area contributed by atoms with E-state index in [0.717, 1.165) is 22.8 Å². The van der Waals surface area contributed by atoms with E-state index >= 15 is 0 Å². The molecule has 1 aromatic heterocycles. The fourth-order valence-electron chi connectivity index (χ4n) is 1.96. The molecule has 0 aliphatic rings. The summed E-state index contributed by atoms with van der Waals surface area (Å²) >= 11 is 0. The fourth-order valence-corrected chi connectivity index (χ4v) is 1.96. The van der Waals surface area contributed by atoms with Gasteiger partial charge in [-0.15, -0.1) is 0 Å². The Bertz CT molecular complexity index is 440. The summed E-state index contributed by atoms with van der Waals surface area (Å²) in [6.45, 7) is 8.19. The van der Waals surface area contributed by atoms with Gasteiger partial charge < -0.3 is 0 Å². The zero-order chi connectivity index (χ0) is 11.7. The highest BCUT2D eigenvalue weighted by atomic mass is 14.9. The number of aromatic nitrogens is 2. The number of hydrogen-bond acceptors (Lipinski definition) is 2. The minimum Gasteiger partial charge on any atom is -0.233 e. The first kappa shape index (κ1) is 10.8. The summed E-state index contributed by atoms with van der Waals surface area (Å²) in [5.41, 5.74) is 5.63. The number of aryl methyl sites for hydroxylation is 4. The van der Waals surface area contributed by atoms with Gasteiger partial charge in [-0.3, -0.25) is 0 Å². The maximum absolute atomic E-state index is 4.48. The zero-order valence-electron chi connectivity index (χ0n) is 10.2. The Kier molecular flexibility index (Phi) is 2.73. The minimum atomic E-state index is 0.823. The number of rotatable bonds is 1. The SMILES string of the molecule is Cc1cc(C)cc(-c2nc(C)cc(C)n2)c1. The summed E-state index contributed by atoms with van der Waals surface area (Å²) in [6.07, 6.45) is 0. The van der Waals surface area contributed by atoms with E-state index in [9.17, 15) is 0 Å². The molecule has 0 radical (unpaired) electrons. The topological polar surface area (TPSA) is 25.8 Å². The summed E-state index contributed by atoms with van der Waals surface area (Å²) in [5.74, 6) is 0.823. The van der Waals surface area contributed by atoms with E-state index in [1.165, 1.54) is 11.1 Å². The Morgan fingerprint density at radius 1 is 0.688 bits per heavy atom. The number of benzene rings is 1. The molecule has 2 rings (SSSR count). The van der Waals surface area contributed by atoms with E-state index in [1.807, 2.05) is 19.9 Å². The van der Waals surface area contributed by atoms with Crippen molar-refractivity contribution >= 4 is 0 Å². The van der Waals surface area contributed by atoms with Crippen LogP contribution < -0.4 is 0 Å². The second-order valence-electron chi connectivity index (χ2n) is 4.35. The molecule has 2 nitrogen and oxygen atoms in total. The Morgan fingerprint density at radius 2 is 1.19 bits per heavy atom. The van der Waals surface area contributed by atoms with Crippen molar-refractivity contribution in [1.29, 1.82) is 0 Å². The molecule has 0 saturated carbocycles. The average Bonchev–Trinajstić information content (AvgIpc) is 2.14. The summed E-state index contributed by atoms with van der Waals surface area (Å²) < 4.78 is 0. The molecule has 0 saturated heterocycles. The standard InChI is InChI=1S/C14H16N2/c1-9-5-10(2)7-13(6-9)14-15-11(3)8-12(4)16-14/h5-8H,1-4H3. The molecular formula is C14H16N2. The van der Waals surface area contributed by atoms with Gasteiger partial charge in [-0.1, -0.05) is 17.2 Å². The van der Waals surface area contributed by atoms with E-state index in [4.69, 9.17) is 0 Å². The van der Waals surface area contributed by atoms with Gasteiger partial charge in [0.25, 0.3) is 0 Å². The molecule has 0 unspecified atom stereocenters. The molecule has 0 amide bonds. The van der Waals surface area contributed by atoms with Crippen molar-refractivity contribution in [2.45, 2.75) is 27.7 Å². The van der Waals surface area contributed by atoms with Gasteiger partial charge >= 0.3 is 0 Å². The van der Waals surface area contributed by atoms with Gasteiger partial charge in [0.2, 0.25) is 0 Å². The van der Waals surface area contributed by atoms with Crippen LogP contribution in [-0.2, 0) is 0 Å². The first-order valence-corrected chi connectivity index (χ1v) is 5.45.